The summed E-state index contributed by atoms with van der Waals surface area (Å²) in [5, 5.41) is 0. The third kappa shape index (κ3) is 5.24. The highest BCUT2D eigenvalue weighted by atomic mass is 15.0. The fourth-order valence-corrected chi connectivity index (χ4v) is 2.61. The molecule has 0 unspecified atom stereocenters. The van der Waals surface area contributed by atoms with E-state index in [2.05, 4.69) is 73.7 Å². The van der Waals surface area contributed by atoms with Crippen molar-refractivity contribution in [2.45, 2.75) is 53.5 Å². The zero-order valence-electron chi connectivity index (χ0n) is 14.8. The molecule has 122 valence electrons. The highest BCUT2D eigenvalue weighted by Gasteiger charge is 2.03. The van der Waals surface area contributed by atoms with Crippen molar-refractivity contribution in [1.82, 2.24) is 9.55 Å². The predicted octanol–water partition coefficient (Wildman–Crippen LogP) is 5.81. The van der Waals surface area contributed by atoms with Gasteiger partial charge in [-0.2, -0.15) is 0 Å². The molecule has 0 N–H and O–H groups in total. The van der Waals surface area contributed by atoms with Crippen LogP contribution in [-0.2, 0) is 13.0 Å². The smallest absolute Gasteiger partial charge is 0.0950 e. The Hall–Kier alpha value is -2.09. The first-order chi connectivity index (χ1) is 11.1. The average molecular weight is 308 g/mol. The average Bonchev–Trinajstić information content (AvgIpc) is 3.01. The van der Waals surface area contributed by atoms with Gasteiger partial charge in [-0.1, -0.05) is 47.6 Å². The van der Waals surface area contributed by atoms with Crippen LogP contribution < -0.4 is 0 Å². The first-order valence-electron chi connectivity index (χ1n) is 8.48. The summed E-state index contributed by atoms with van der Waals surface area (Å²) in [6.45, 7) is 9.64. The molecular weight excluding hydrogens is 280 g/mol. The number of hydrogen-bond acceptors (Lipinski definition) is 1. The zero-order valence-corrected chi connectivity index (χ0v) is 14.8. The van der Waals surface area contributed by atoms with Crippen molar-refractivity contribution in [1.29, 1.82) is 0 Å². The lowest BCUT2D eigenvalue weighted by molar-refractivity contribution is 0.769. The van der Waals surface area contributed by atoms with E-state index in [1.807, 2.05) is 12.5 Å². The van der Waals surface area contributed by atoms with Gasteiger partial charge in [0.25, 0.3) is 0 Å². The number of allylic oxidation sites excluding steroid dienone is 4. The maximum Gasteiger partial charge on any atom is 0.0950 e. The van der Waals surface area contributed by atoms with Gasteiger partial charge >= 0.3 is 0 Å². The first kappa shape index (κ1) is 17.3. The SMILES string of the molecule is CCn1cncc1-c1ccc(C/C=C(\C)CCC=C(C)C)cc1. The summed E-state index contributed by atoms with van der Waals surface area (Å²) in [4.78, 5) is 4.24. The predicted molar refractivity (Wildman–Crippen MR) is 99.5 cm³/mol. The van der Waals surface area contributed by atoms with Crippen molar-refractivity contribution in [2.75, 3.05) is 0 Å². The van der Waals surface area contributed by atoms with Crippen LogP contribution in [0.1, 0.15) is 46.1 Å². The van der Waals surface area contributed by atoms with E-state index in [4.69, 9.17) is 0 Å². The third-order valence-corrected chi connectivity index (χ3v) is 4.08. The van der Waals surface area contributed by atoms with Crippen molar-refractivity contribution < 1.29 is 0 Å². The van der Waals surface area contributed by atoms with Crippen molar-refractivity contribution in [2.24, 2.45) is 0 Å². The molecule has 23 heavy (non-hydrogen) atoms. The number of rotatable bonds is 7. The van der Waals surface area contributed by atoms with Gasteiger partial charge in [0.15, 0.2) is 0 Å². The largest absolute Gasteiger partial charge is 0.331 e. The third-order valence-electron chi connectivity index (χ3n) is 4.08. The molecule has 2 nitrogen and oxygen atoms in total. The van der Waals surface area contributed by atoms with Gasteiger partial charge in [-0.25, -0.2) is 4.98 Å². The summed E-state index contributed by atoms with van der Waals surface area (Å²) in [6, 6.07) is 8.85. The second-order valence-corrected chi connectivity index (χ2v) is 6.34. The maximum atomic E-state index is 4.24. The molecule has 0 atom stereocenters. The fraction of sp³-hybridized carbons (Fsp3) is 0.381. The van der Waals surface area contributed by atoms with E-state index in [9.17, 15) is 0 Å². The first-order valence-corrected chi connectivity index (χ1v) is 8.48. The van der Waals surface area contributed by atoms with Crippen molar-refractivity contribution >= 4 is 0 Å². The summed E-state index contributed by atoms with van der Waals surface area (Å²) in [6.07, 6.45) is 11.8. The minimum atomic E-state index is 0.949. The van der Waals surface area contributed by atoms with E-state index in [-0.39, 0.29) is 0 Å². The van der Waals surface area contributed by atoms with Crippen LogP contribution in [0.25, 0.3) is 11.3 Å². The quantitative estimate of drug-likeness (QED) is 0.591. The van der Waals surface area contributed by atoms with Gasteiger partial charge < -0.3 is 4.57 Å². The number of aromatic nitrogens is 2. The van der Waals surface area contributed by atoms with Crippen LogP contribution in [0.5, 0.6) is 0 Å². The van der Waals surface area contributed by atoms with Gasteiger partial charge in [-0.05, 0) is 58.1 Å². The minimum Gasteiger partial charge on any atom is -0.331 e. The molecule has 1 aromatic carbocycles. The Bertz CT molecular complexity index is 668. The van der Waals surface area contributed by atoms with Crippen LogP contribution in [0.15, 0.2) is 60.1 Å². The Balaban J connectivity index is 1.96. The molecule has 0 radical (unpaired) electrons. The highest BCUT2D eigenvalue weighted by molar-refractivity contribution is 5.59. The normalized spacial score (nSPS) is 11.6. The van der Waals surface area contributed by atoms with Crippen LogP contribution in [0.2, 0.25) is 0 Å². The summed E-state index contributed by atoms with van der Waals surface area (Å²) in [5.41, 5.74) is 6.65. The Morgan fingerprint density at radius 3 is 2.48 bits per heavy atom. The van der Waals surface area contributed by atoms with Gasteiger partial charge in [0.05, 0.1) is 18.2 Å². The molecule has 0 saturated heterocycles. The Kier molecular flexibility index (Phi) is 6.40. The van der Waals surface area contributed by atoms with E-state index < -0.39 is 0 Å². The molecule has 0 aliphatic heterocycles. The second kappa shape index (κ2) is 8.52. The number of hydrogen-bond donors (Lipinski definition) is 0. The van der Waals surface area contributed by atoms with Crippen LogP contribution in [0, 0.1) is 0 Å². The molecule has 1 aromatic heterocycles. The molecule has 0 spiro atoms. The lowest BCUT2D eigenvalue weighted by Gasteiger charge is -2.06. The van der Waals surface area contributed by atoms with E-state index in [0.29, 0.717) is 0 Å². The summed E-state index contributed by atoms with van der Waals surface area (Å²) < 4.78 is 2.17. The number of imidazole rings is 1. The standard InChI is InChI=1S/C21H28N2/c1-5-23-16-22-15-21(23)20-13-11-19(12-14-20)10-9-18(4)8-6-7-17(2)3/h7,9,11-16H,5-6,8,10H2,1-4H3/b18-9+. The van der Waals surface area contributed by atoms with Crippen LogP contribution >= 0.6 is 0 Å². The van der Waals surface area contributed by atoms with E-state index in [1.165, 1.54) is 28.0 Å². The van der Waals surface area contributed by atoms with Crippen LogP contribution in [-0.4, -0.2) is 9.55 Å². The van der Waals surface area contributed by atoms with E-state index >= 15 is 0 Å². The molecule has 0 fully saturated rings. The molecule has 2 heteroatoms. The molecule has 2 rings (SSSR count). The minimum absolute atomic E-state index is 0.949. The molecule has 0 aliphatic carbocycles. The number of benzene rings is 1. The summed E-state index contributed by atoms with van der Waals surface area (Å²) >= 11 is 0. The highest BCUT2D eigenvalue weighted by Crippen LogP contribution is 2.20. The van der Waals surface area contributed by atoms with Gasteiger partial charge in [0.2, 0.25) is 0 Å². The monoisotopic (exact) mass is 308 g/mol. The van der Waals surface area contributed by atoms with E-state index in [1.54, 1.807) is 0 Å². The molecule has 0 saturated carbocycles. The lowest BCUT2D eigenvalue weighted by atomic mass is 10.0. The Morgan fingerprint density at radius 1 is 1.09 bits per heavy atom. The zero-order chi connectivity index (χ0) is 16.7. The molecule has 1 heterocycles. The maximum absolute atomic E-state index is 4.24. The summed E-state index contributed by atoms with van der Waals surface area (Å²) in [5.74, 6) is 0. The van der Waals surface area contributed by atoms with E-state index in [0.717, 1.165) is 25.8 Å². The molecule has 0 aliphatic rings. The molecule has 0 bridgehead atoms. The van der Waals surface area contributed by atoms with Crippen LogP contribution in [0.4, 0.5) is 0 Å². The van der Waals surface area contributed by atoms with Gasteiger partial charge in [0, 0.05) is 6.54 Å². The number of nitrogens with zero attached hydrogens (tertiary/aromatic N) is 2. The molecular formula is C21H28N2. The number of aryl methyl sites for hydroxylation is 1. The second-order valence-electron chi connectivity index (χ2n) is 6.34. The Morgan fingerprint density at radius 2 is 1.83 bits per heavy atom. The lowest BCUT2D eigenvalue weighted by Crippen LogP contribution is -1.94. The van der Waals surface area contributed by atoms with Crippen molar-refractivity contribution in [3.05, 3.63) is 65.7 Å². The molecule has 2 aromatic rings. The van der Waals surface area contributed by atoms with Gasteiger partial charge in [-0.15, -0.1) is 0 Å². The van der Waals surface area contributed by atoms with Crippen LogP contribution in [0.3, 0.4) is 0 Å². The van der Waals surface area contributed by atoms with Gasteiger partial charge in [-0.3, -0.25) is 0 Å². The molecule has 0 amide bonds. The fourth-order valence-electron chi connectivity index (χ4n) is 2.61. The van der Waals surface area contributed by atoms with Gasteiger partial charge in [0.1, 0.15) is 0 Å². The van der Waals surface area contributed by atoms with Crippen molar-refractivity contribution in [3.63, 3.8) is 0 Å². The topological polar surface area (TPSA) is 17.8 Å². The Labute approximate surface area is 140 Å². The summed E-state index contributed by atoms with van der Waals surface area (Å²) in [7, 11) is 0. The van der Waals surface area contributed by atoms with Crippen molar-refractivity contribution in [3.8, 4) is 11.3 Å².